The first-order chi connectivity index (χ1) is 10.1. The maximum Gasteiger partial charge on any atom is 0.296 e. The summed E-state index contributed by atoms with van der Waals surface area (Å²) >= 11 is 0. The van der Waals surface area contributed by atoms with Crippen molar-refractivity contribution >= 4 is 11.4 Å². The van der Waals surface area contributed by atoms with Crippen LogP contribution in [0.15, 0.2) is 48.5 Å². The van der Waals surface area contributed by atoms with Crippen molar-refractivity contribution in [3.8, 4) is 5.75 Å². The predicted octanol–water partition coefficient (Wildman–Crippen LogP) is 3.82. The van der Waals surface area contributed by atoms with Gasteiger partial charge in [-0.3, -0.25) is 10.1 Å². The second-order valence-corrected chi connectivity index (χ2v) is 4.83. The molecule has 0 aliphatic heterocycles. The van der Waals surface area contributed by atoms with Crippen LogP contribution in [0.5, 0.6) is 5.75 Å². The van der Waals surface area contributed by atoms with Crippen LogP contribution in [-0.4, -0.2) is 18.6 Å². The fraction of sp³-hybridized carbons (Fsp3) is 0.250. The predicted molar refractivity (Wildman–Crippen MR) is 83.0 cm³/mol. The summed E-state index contributed by atoms with van der Waals surface area (Å²) < 4.78 is 5.02. The molecule has 0 aliphatic carbocycles. The Morgan fingerprint density at radius 3 is 2.57 bits per heavy atom. The van der Waals surface area contributed by atoms with Crippen LogP contribution in [0.1, 0.15) is 18.4 Å². The van der Waals surface area contributed by atoms with Crippen molar-refractivity contribution in [2.24, 2.45) is 0 Å². The van der Waals surface area contributed by atoms with E-state index in [0.717, 1.165) is 0 Å². The van der Waals surface area contributed by atoms with E-state index in [4.69, 9.17) is 4.74 Å². The number of rotatable bonds is 6. The number of hydrogen-bond donors (Lipinski definition) is 1. The van der Waals surface area contributed by atoms with Gasteiger partial charge in [-0.05, 0) is 23.6 Å². The summed E-state index contributed by atoms with van der Waals surface area (Å²) in [7, 11) is 1.49. The number of hydrogen-bond acceptors (Lipinski definition) is 4. The lowest BCUT2D eigenvalue weighted by atomic mass is 10.0. The van der Waals surface area contributed by atoms with Crippen molar-refractivity contribution in [2.75, 3.05) is 19.0 Å². The highest BCUT2D eigenvalue weighted by Crippen LogP contribution is 2.29. The summed E-state index contributed by atoms with van der Waals surface area (Å²) in [4.78, 5) is 10.7. The van der Waals surface area contributed by atoms with Gasteiger partial charge in [0.15, 0.2) is 0 Å². The van der Waals surface area contributed by atoms with Gasteiger partial charge in [0.2, 0.25) is 0 Å². The van der Waals surface area contributed by atoms with Crippen LogP contribution in [0.25, 0.3) is 0 Å². The average Bonchev–Trinajstić information content (AvgIpc) is 2.53. The van der Waals surface area contributed by atoms with E-state index >= 15 is 0 Å². The molecular weight excluding hydrogens is 268 g/mol. The van der Waals surface area contributed by atoms with E-state index in [1.54, 1.807) is 12.1 Å². The Labute approximate surface area is 123 Å². The van der Waals surface area contributed by atoms with Crippen molar-refractivity contribution in [1.29, 1.82) is 0 Å². The molecule has 0 bridgehead atoms. The summed E-state index contributed by atoms with van der Waals surface area (Å²) in [6, 6.07) is 14.9. The number of nitro groups is 1. The molecular formula is C16H18N2O3. The molecule has 0 saturated carbocycles. The number of nitro benzene ring substituents is 1. The lowest BCUT2D eigenvalue weighted by molar-refractivity contribution is -0.384. The van der Waals surface area contributed by atoms with E-state index in [-0.39, 0.29) is 11.6 Å². The molecule has 21 heavy (non-hydrogen) atoms. The van der Waals surface area contributed by atoms with E-state index in [2.05, 4.69) is 24.4 Å². The van der Waals surface area contributed by atoms with Crippen LogP contribution in [-0.2, 0) is 0 Å². The van der Waals surface area contributed by atoms with Gasteiger partial charge >= 0.3 is 0 Å². The van der Waals surface area contributed by atoms with E-state index in [9.17, 15) is 10.1 Å². The zero-order valence-corrected chi connectivity index (χ0v) is 12.1. The monoisotopic (exact) mass is 286 g/mol. The average molecular weight is 286 g/mol. The largest absolute Gasteiger partial charge is 0.496 e. The molecule has 2 aromatic carbocycles. The minimum Gasteiger partial charge on any atom is -0.496 e. The minimum atomic E-state index is -0.405. The smallest absolute Gasteiger partial charge is 0.296 e. The van der Waals surface area contributed by atoms with Crippen LogP contribution in [0.2, 0.25) is 0 Å². The lowest BCUT2D eigenvalue weighted by Crippen LogP contribution is -2.11. The first kappa shape index (κ1) is 14.8. The second-order valence-electron chi connectivity index (χ2n) is 4.83. The number of benzene rings is 2. The summed E-state index contributed by atoms with van der Waals surface area (Å²) in [5.74, 6) is 0.733. The molecule has 0 aliphatic rings. The van der Waals surface area contributed by atoms with Crippen molar-refractivity contribution in [3.05, 3.63) is 64.2 Å². The van der Waals surface area contributed by atoms with E-state index in [1.807, 2.05) is 18.2 Å². The molecule has 1 unspecified atom stereocenters. The van der Waals surface area contributed by atoms with Crippen molar-refractivity contribution in [1.82, 2.24) is 0 Å². The number of methoxy groups -OCH3 is 1. The zero-order valence-electron chi connectivity index (χ0n) is 12.1. The van der Waals surface area contributed by atoms with Gasteiger partial charge in [0.1, 0.15) is 11.4 Å². The molecule has 0 aromatic heterocycles. The standard InChI is InChI=1S/C16H18N2O3/c1-12(13-6-4-3-5-7-13)11-17-15-9-8-14(21-2)10-16(15)18(19)20/h3-10,12,17H,11H2,1-2H3. The molecule has 2 rings (SSSR count). The van der Waals surface area contributed by atoms with Crippen LogP contribution in [0, 0.1) is 10.1 Å². The number of anilines is 1. The van der Waals surface area contributed by atoms with Gasteiger partial charge in [0, 0.05) is 6.54 Å². The summed E-state index contributed by atoms with van der Waals surface area (Å²) in [5.41, 5.74) is 1.72. The van der Waals surface area contributed by atoms with Crippen molar-refractivity contribution < 1.29 is 9.66 Å². The quantitative estimate of drug-likeness (QED) is 0.647. The second kappa shape index (κ2) is 6.74. The Bertz CT molecular complexity index is 614. The van der Waals surface area contributed by atoms with Gasteiger partial charge in [-0.2, -0.15) is 0 Å². The highest BCUT2D eigenvalue weighted by molar-refractivity contribution is 5.64. The Morgan fingerprint density at radius 1 is 1.24 bits per heavy atom. The summed E-state index contributed by atoms with van der Waals surface area (Å²) in [5, 5.41) is 14.3. The van der Waals surface area contributed by atoms with Crippen LogP contribution in [0.3, 0.4) is 0 Å². The zero-order chi connectivity index (χ0) is 15.2. The molecule has 0 radical (unpaired) electrons. The third-order valence-corrected chi connectivity index (χ3v) is 3.37. The van der Waals surface area contributed by atoms with Crippen LogP contribution >= 0.6 is 0 Å². The van der Waals surface area contributed by atoms with Gasteiger partial charge in [-0.25, -0.2) is 0 Å². The molecule has 0 fully saturated rings. The fourth-order valence-electron chi connectivity index (χ4n) is 2.10. The molecule has 5 heteroatoms. The Hall–Kier alpha value is -2.56. The van der Waals surface area contributed by atoms with Crippen LogP contribution in [0.4, 0.5) is 11.4 Å². The topological polar surface area (TPSA) is 64.4 Å². The Morgan fingerprint density at radius 2 is 1.95 bits per heavy atom. The van der Waals surface area contributed by atoms with Gasteiger partial charge in [0.25, 0.3) is 5.69 Å². The third-order valence-electron chi connectivity index (χ3n) is 3.37. The van der Waals surface area contributed by atoms with Gasteiger partial charge in [0.05, 0.1) is 18.1 Å². The van der Waals surface area contributed by atoms with E-state index < -0.39 is 4.92 Å². The van der Waals surface area contributed by atoms with Gasteiger partial charge in [-0.1, -0.05) is 37.3 Å². The Kier molecular flexibility index (Phi) is 4.77. The highest BCUT2D eigenvalue weighted by Gasteiger charge is 2.15. The number of nitrogens with one attached hydrogen (secondary N) is 1. The molecule has 1 N–H and O–H groups in total. The normalized spacial score (nSPS) is 11.7. The Balaban J connectivity index is 2.11. The third kappa shape index (κ3) is 3.72. The molecule has 2 aromatic rings. The molecule has 110 valence electrons. The summed E-state index contributed by atoms with van der Waals surface area (Å²) in [6.07, 6.45) is 0. The molecule has 5 nitrogen and oxygen atoms in total. The molecule has 0 saturated heterocycles. The van der Waals surface area contributed by atoms with Gasteiger partial charge < -0.3 is 10.1 Å². The summed E-state index contributed by atoms with van der Waals surface area (Å²) in [6.45, 7) is 2.70. The first-order valence-corrected chi connectivity index (χ1v) is 6.73. The van der Waals surface area contributed by atoms with E-state index in [1.165, 1.54) is 18.7 Å². The minimum absolute atomic E-state index is 0.0228. The number of ether oxygens (including phenoxy) is 1. The first-order valence-electron chi connectivity index (χ1n) is 6.73. The maximum absolute atomic E-state index is 11.1. The fourth-order valence-corrected chi connectivity index (χ4v) is 2.10. The molecule has 0 heterocycles. The van der Waals surface area contributed by atoms with Crippen molar-refractivity contribution in [3.63, 3.8) is 0 Å². The highest BCUT2D eigenvalue weighted by atomic mass is 16.6. The van der Waals surface area contributed by atoms with Crippen molar-refractivity contribution in [2.45, 2.75) is 12.8 Å². The molecule has 0 spiro atoms. The molecule has 1 atom stereocenters. The van der Waals surface area contributed by atoms with Crippen LogP contribution < -0.4 is 10.1 Å². The van der Waals surface area contributed by atoms with E-state index in [0.29, 0.717) is 18.0 Å². The molecule has 0 amide bonds. The SMILES string of the molecule is COc1ccc(NCC(C)c2ccccc2)c([N+](=O)[O-])c1. The maximum atomic E-state index is 11.1. The van der Waals surface area contributed by atoms with Gasteiger partial charge in [-0.15, -0.1) is 0 Å². The lowest BCUT2D eigenvalue weighted by Gasteiger charge is -2.14. The number of nitrogens with zero attached hydrogens (tertiary/aromatic N) is 1.